The zero-order chi connectivity index (χ0) is 13.3. The van der Waals surface area contributed by atoms with Crippen LogP contribution in [0, 0.1) is 0 Å². The molecule has 2 unspecified atom stereocenters. The molecule has 2 saturated heterocycles. The van der Waals surface area contributed by atoms with Crippen LogP contribution in [0.5, 0.6) is 0 Å². The Morgan fingerprint density at radius 3 is 2.22 bits per heavy atom. The maximum atomic E-state index is 12.5. The molecule has 2 aliphatic heterocycles. The number of nitrogens with zero attached hydrogens (tertiary/aromatic N) is 1. The second-order valence-corrected chi connectivity index (χ2v) is 8.41. The van der Waals surface area contributed by atoms with Crippen molar-refractivity contribution < 1.29 is 8.42 Å². The smallest absolute Gasteiger partial charge is 0.216 e. The van der Waals surface area contributed by atoms with Gasteiger partial charge in [0.25, 0.3) is 0 Å². The highest BCUT2D eigenvalue weighted by atomic mass is 32.2. The van der Waals surface area contributed by atoms with Crippen LogP contribution in [0.15, 0.2) is 0 Å². The van der Waals surface area contributed by atoms with Crippen LogP contribution in [-0.4, -0.2) is 42.6 Å². The molecule has 4 nitrogen and oxygen atoms in total. The highest BCUT2D eigenvalue weighted by molar-refractivity contribution is 7.89. The van der Waals surface area contributed by atoms with Crippen LogP contribution in [0.3, 0.4) is 0 Å². The summed E-state index contributed by atoms with van der Waals surface area (Å²) >= 11 is 0. The summed E-state index contributed by atoms with van der Waals surface area (Å²) in [5.74, 6) is 0. The molecule has 0 saturated carbocycles. The molecule has 5 heteroatoms. The predicted octanol–water partition coefficient (Wildman–Crippen LogP) is 1.72. The topological polar surface area (TPSA) is 49.4 Å². The molecule has 2 heterocycles. The molecule has 1 N–H and O–H groups in total. The van der Waals surface area contributed by atoms with Crippen molar-refractivity contribution in [3.05, 3.63) is 0 Å². The Kier molecular flexibility index (Phi) is 4.34. The van der Waals surface area contributed by atoms with E-state index in [0.717, 1.165) is 19.3 Å². The van der Waals surface area contributed by atoms with Gasteiger partial charge in [0.2, 0.25) is 10.0 Å². The Bertz CT molecular complexity index is 368. The normalized spacial score (nSPS) is 32.4. The standard InChI is InChI=1S/C13H26N2O2S/c1-4-7-15(18(16,17)10(2)3)13-8-11-5-6-12(9-13)14-11/h10-14H,4-9H2,1-3H3. The van der Waals surface area contributed by atoms with Gasteiger partial charge < -0.3 is 5.32 Å². The van der Waals surface area contributed by atoms with Gasteiger partial charge in [0.1, 0.15) is 0 Å². The van der Waals surface area contributed by atoms with Gasteiger partial charge in [0, 0.05) is 24.7 Å². The lowest BCUT2D eigenvalue weighted by atomic mass is 10.00. The Hall–Kier alpha value is -0.130. The van der Waals surface area contributed by atoms with Crippen LogP contribution in [-0.2, 0) is 10.0 Å². The van der Waals surface area contributed by atoms with Gasteiger partial charge in [-0.1, -0.05) is 6.92 Å². The second kappa shape index (κ2) is 5.47. The fourth-order valence-corrected chi connectivity index (χ4v) is 4.84. The minimum atomic E-state index is -3.11. The summed E-state index contributed by atoms with van der Waals surface area (Å²) in [7, 11) is -3.11. The minimum absolute atomic E-state index is 0.219. The van der Waals surface area contributed by atoms with Gasteiger partial charge >= 0.3 is 0 Å². The number of fused-ring (bicyclic) bond motifs is 2. The van der Waals surface area contributed by atoms with Crippen molar-refractivity contribution >= 4 is 10.0 Å². The fourth-order valence-electron chi connectivity index (χ4n) is 3.27. The van der Waals surface area contributed by atoms with Crippen LogP contribution in [0.2, 0.25) is 0 Å². The summed E-state index contributed by atoms with van der Waals surface area (Å²) in [4.78, 5) is 0. The van der Waals surface area contributed by atoms with E-state index in [-0.39, 0.29) is 11.3 Å². The quantitative estimate of drug-likeness (QED) is 0.830. The zero-order valence-corrected chi connectivity index (χ0v) is 12.5. The number of piperidine rings is 1. The van der Waals surface area contributed by atoms with Gasteiger partial charge in [-0.2, -0.15) is 4.31 Å². The molecule has 0 spiro atoms. The summed E-state index contributed by atoms with van der Waals surface area (Å²) in [6.07, 6.45) is 5.29. The maximum Gasteiger partial charge on any atom is 0.216 e. The molecule has 0 aromatic heterocycles. The molecule has 2 bridgehead atoms. The van der Waals surface area contributed by atoms with E-state index in [1.54, 1.807) is 18.2 Å². The number of sulfonamides is 1. The van der Waals surface area contributed by atoms with Crippen molar-refractivity contribution in [1.82, 2.24) is 9.62 Å². The van der Waals surface area contributed by atoms with E-state index in [9.17, 15) is 8.42 Å². The molecule has 0 aromatic carbocycles. The molecule has 2 atom stereocenters. The summed E-state index contributed by atoms with van der Waals surface area (Å²) < 4.78 is 26.7. The third-order valence-electron chi connectivity index (χ3n) is 4.22. The summed E-state index contributed by atoms with van der Waals surface area (Å²) in [6, 6.07) is 1.29. The van der Waals surface area contributed by atoms with Gasteiger partial charge in [0.05, 0.1) is 5.25 Å². The lowest BCUT2D eigenvalue weighted by molar-refractivity contribution is 0.225. The molecule has 2 aliphatic rings. The van der Waals surface area contributed by atoms with Crippen LogP contribution < -0.4 is 5.32 Å². The van der Waals surface area contributed by atoms with Crippen molar-refractivity contribution in [3.8, 4) is 0 Å². The largest absolute Gasteiger partial charge is 0.311 e. The number of nitrogens with one attached hydrogen (secondary N) is 1. The first kappa shape index (κ1) is 14.3. The Morgan fingerprint density at radius 1 is 1.22 bits per heavy atom. The second-order valence-electron chi connectivity index (χ2n) is 5.97. The lowest BCUT2D eigenvalue weighted by Gasteiger charge is -2.37. The van der Waals surface area contributed by atoms with Crippen molar-refractivity contribution in [2.75, 3.05) is 6.54 Å². The summed E-state index contributed by atoms with van der Waals surface area (Å²) in [6.45, 7) is 6.30. The average Bonchev–Trinajstić information content (AvgIpc) is 2.64. The van der Waals surface area contributed by atoms with E-state index in [1.165, 1.54) is 12.8 Å². The van der Waals surface area contributed by atoms with E-state index in [2.05, 4.69) is 12.2 Å². The van der Waals surface area contributed by atoms with Crippen molar-refractivity contribution in [2.45, 2.75) is 76.3 Å². The Morgan fingerprint density at radius 2 is 1.78 bits per heavy atom. The van der Waals surface area contributed by atoms with E-state index in [1.807, 2.05) is 0 Å². The van der Waals surface area contributed by atoms with Crippen molar-refractivity contribution in [3.63, 3.8) is 0 Å². The van der Waals surface area contributed by atoms with E-state index in [4.69, 9.17) is 0 Å². The van der Waals surface area contributed by atoms with E-state index < -0.39 is 10.0 Å². The van der Waals surface area contributed by atoms with Gasteiger partial charge in [-0.05, 0) is 46.0 Å². The number of hydrogen-bond acceptors (Lipinski definition) is 3. The summed E-state index contributed by atoms with van der Waals surface area (Å²) in [5, 5.41) is 3.27. The SMILES string of the molecule is CCCN(C1CC2CCC(C1)N2)S(=O)(=O)C(C)C. The first-order valence-electron chi connectivity index (χ1n) is 7.21. The summed E-state index contributed by atoms with van der Waals surface area (Å²) in [5.41, 5.74) is 0. The van der Waals surface area contributed by atoms with Gasteiger partial charge in [-0.15, -0.1) is 0 Å². The van der Waals surface area contributed by atoms with Gasteiger partial charge in [-0.3, -0.25) is 0 Å². The van der Waals surface area contributed by atoms with Crippen LogP contribution in [0.4, 0.5) is 0 Å². The van der Waals surface area contributed by atoms with E-state index >= 15 is 0 Å². The third kappa shape index (κ3) is 2.73. The lowest BCUT2D eigenvalue weighted by Crippen LogP contribution is -2.51. The highest BCUT2D eigenvalue weighted by Crippen LogP contribution is 2.31. The predicted molar refractivity (Wildman–Crippen MR) is 74.0 cm³/mol. The molecule has 0 aliphatic carbocycles. The van der Waals surface area contributed by atoms with Crippen molar-refractivity contribution in [1.29, 1.82) is 0 Å². The number of hydrogen-bond donors (Lipinski definition) is 1. The average molecular weight is 274 g/mol. The van der Waals surface area contributed by atoms with Crippen LogP contribution in [0.1, 0.15) is 52.9 Å². The first-order chi connectivity index (χ1) is 8.45. The van der Waals surface area contributed by atoms with E-state index in [0.29, 0.717) is 18.6 Å². The molecule has 18 heavy (non-hydrogen) atoms. The molecule has 2 fully saturated rings. The molecular weight excluding hydrogens is 248 g/mol. The number of rotatable bonds is 5. The highest BCUT2D eigenvalue weighted by Gasteiger charge is 2.40. The van der Waals surface area contributed by atoms with Crippen LogP contribution in [0.25, 0.3) is 0 Å². The third-order valence-corrected chi connectivity index (χ3v) is 6.55. The van der Waals surface area contributed by atoms with Crippen LogP contribution >= 0.6 is 0 Å². The fraction of sp³-hybridized carbons (Fsp3) is 1.00. The molecular formula is C13H26N2O2S. The maximum absolute atomic E-state index is 12.5. The molecule has 0 radical (unpaired) electrons. The Labute approximate surface area is 111 Å². The monoisotopic (exact) mass is 274 g/mol. The Balaban J connectivity index is 2.15. The molecule has 2 rings (SSSR count). The molecule has 0 aromatic rings. The van der Waals surface area contributed by atoms with Gasteiger partial charge in [0.15, 0.2) is 0 Å². The molecule has 0 amide bonds. The van der Waals surface area contributed by atoms with Crippen molar-refractivity contribution in [2.24, 2.45) is 0 Å². The van der Waals surface area contributed by atoms with Gasteiger partial charge in [-0.25, -0.2) is 8.42 Å². The molecule has 106 valence electrons. The first-order valence-corrected chi connectivity index (χ1v) is 8.72. The zero-order valence-electron chi connectivity index (χ0n) is 11.7. The minimum Gasteiger partial charge on any atom is -0.311 e.